The number of halogens is 1. The number of hydrogen-bond donors (Lipinski definition) is 2. The highest BCUT2D eigenvalue weighted by Crippen LogP contribution is 2.36. The minimum Gasteiger partial charge on any atom is -0.383 e. The molecule has 0 radical (unpaired) electrons. The summed E-state index contributed by atoms with van der Waals surface area (Å²) in [7, 11) is 0. The number of para-hydroxylation sites is 1. The van der Waals surface area contributed by atoms with Crippen molar-refractivity contribution in [3.05, 3.63) is 52.9 Å². The number of aromatic nitrogens is 4. The van der Waals surface area contributed by atoms with Crippen molar-refractivity contribution in [3.63, 3.8) is 0 Å². The van der Waals surface area contributed by atoms with Gasteiger partial charge in [0.05, 0.1) is 21.9 Å². The lowest BCUT2D eigenvalue weighted by Crippen LogP contribution is -2.38. The van der Waals surface area contributed by atoms with Crippen molar-refractivity contribution in [1.82, 2.24) is 29.8 Å². The lowest BCUT2D eigenvalue weighted by molar-refractivity contribution is 0.209. The number of carbonyl (C=O) groups is 1. The average molecular weight is 480 g/mol. The molecule has 1 unspecified atom stereocenters. The zero-order valence-corrected chi connectivity index (χ0v) is 18.6. The number of anilines is 1. The van der Waals surface area contributed by atoms with E-state index in [9.17, 15) is 4.79 Å². The van der Waals surface area contributed by atoms with Crippen molar-refractivity contribution in [2.24, 2.45) is 0 Å². The molecule has 9 heteroatoms. The zero-order chi connectivity index (χ0) is 21.5. The van der Waals surface area contributed by atoms with Gasteiger partial charge >= 0.3 is 6.03 Å². The third-order valence-electron chi connectivity index (χ3n) is 5.74. The first-order valence-corrected chi connectivity index (χ1v) is 11.1. The molecular formula is C22H22BrN7O. The number of hydrogen-bond acceptors (Lipinski definition) is 5. The van der Waals surface area contributed by atoms with Crippen LogP contribution in [-0.2, 0) is 0 Å². The first-order chi connectivity index (χ1) is 15.1. The van der Waals surface area contributed by atoms with Gasteiger partial charge in [-0.05, 0) is 41.4 Å². The molecule has 2 amide bonds. The molecule has 1 atom stereocenters. The molecule has 1 aromatic carbocycles. The van der Waals surface area contributed by atoms with Crippen LogP contribution in [0.5, 0.6) is 0 Å². The Balaban J connectivity index is 1.57. The van der Waals surface area contributed by atoms with E-state index in [0.29, 0.717) is 31.1 Å². The molecule has 1 fully saturated rings. The number of nitrogens with two attached hydrogens (primary N) is 1. The van der Waals surface area contributed by atoms with Gasteiger partial charge in [0.15, 0.2) is 5.65 Å². The van der Waals surface area contributed by atoms with Gasteiger partial charge in [-0.1, -0.05) is 18.2 Å². The van der Waals surface area contributed by atoms with E-state index in [2.05, 4.69) is 37.4 Å². The van der Waals surface area contributed by atoms with E-state index in [1.165, 1.54) is 0 Å². The smallest absolute Gasteiger partial charge is 0.317 e. The maximum Gasteiger partial charge on any atom is 0.317 e. The second-order valence-electron chi connectivity index (χ2n) is 7.67. The Morgan fingerprint density at radius 1 is 1.32 bits per heavy atom. The summed E-state index contributed by atoms with van der Waals surface area (Å²) in [5.41, 5.74) is 10.7. The van der Waals surface area contributed by atoms with Crippen molar-refractivity contribution in [2.45, 2.75) is 19.3 Å². The summed E-state index contributed by atoms with van der Waals surface area (Å²) >= 11 is 3.62. The van der Waals surface area contributed by atoms with Crippen LogP contribution < -0.4 is 11.1 Å². The number of nitrogens with one attached hydrogen (secondary N) is 1. The zero-order valence-electron chi connectivity index (χ0n) is 17.0. The molecule has 3 N–H and O–H groups in total. The quantitative estimate of drug-likeness (QED) is 0.465. The fourth-order valence-electron chi connectivity index (χ4n) is 4.14. The predicted molar refractivity (Wildman–Crippen MR) is 124 cm³/mol. The van der Waals surface area contributed by atoms with E-state index in [1.807, 2.05) is 42.3 Å². The van der Waals surface area contributed by atoms with Gasteiger partial charge in [0.25, 0.3) is 0 Å². The minimum atomic E-state index is -0.0394. The Morgan fingerprint density at radius 2 is 2.16 bits per heavy atom. The summed E-state index contributed by atoms with van der Waals surface area (Å²) in [6.45, 7) is 3.82. The van der Waals surface area contributed by atoms with Crippen LogP contribution in [0.2, 0.25) is 0 Å². The van der Waals surface area contributed by atoms with E-state index < -0.39 is 0 Å². The second-order valence-corrected chi connectivity index (χ2v) is 8.47. The van der Waals surface area contributed by atoms with Gasteiger partial charge in [-0.15, -0.1) is 0 Å². The summed E-state index contributed by atoms with van der Waals surface area (Å²) in [5, 5.41) is 8.39. The van der Waals surface area contributed by atoms with Crippen LogP contribution in [0.25, 0.3) is 27.7 Å². The first-order valence-electron chi connectivity index (χ1n) is 10.3. The number of amides is 2. The molecule has 0 spiro atoms. The summed E-state index contributed by atoms with van der Waals surface area (Å²) in [6.07, 6.45) is 4.45. The maximum atomic E-state index is 12.2. The SMILES string of the molecule is CCNC(=O)N1CCC(c2nc3c(-c4cnc5ccccc5c4)cnn3c(N)c2Br)C1. The number of likely N-dealkylation sites (tertiary alicyclic amines) is 1. The number of rotatable bonds is 3. The van der Waals surface area contributed by atoms with Crippen LogP contribution in [0, 0.1) is 0 Å². The van der Waals surface area contributed by atoms with Crippen molar-refractivity contribution in [2.75, 3.05) is 25.4 Å². The molecule has 1 aliphatic heterocycles. The third kappa shape index (κ3) is 3.38. The van der Waals surface area contributed by atoms with Crippen molar-refractivity contribution in [1.29, 1.82) is 0 Å². The number of benzene rings is 1. The van der Waals surface area contributed by atoms with E-state index in [-0.39, 0.29) is 11.9 Å². The summed E-state index contributed by atoms with van der Waals surface area (Å²) in [6, 6.07) is 10.0. The fraction of sp³-hybridized carbons (Fsp3) is 0.273. The van der Waals surface area contributed by atoms with E-state index >= 15 is 0 Å². The molecule has 1 saturated heterocycles. The van der Waals surface area contributed by atoms with Crippen molar-refractivity contribution in [3.8, 4) is 11.1 Å². The monoisotopic (exact) mass is 479 g/mol. The summed E-state index contributed by atoms with van der Waals surface area (Å²) in [5.74, 6) is 0.596. The van der Waals surface area contributed by atoms with Crippen LogP contribution in [0.15, 0.2) is 47.2 Å². The molecular weight excluding hydrogens is 458 g/mol. The molecule has 4 heterocycles. The van der Waals surface area contributed by atoms with Gasteiger partial charge < -0.3 is 16.0 Å². The molecule has 0 saturated carbocycles. The average Bonchev–Trinajstić information content (AvgIpc) is 3.43. The van der Waals surface area contributed by atoms with Crippen LogP contribution in [-0.4, -0.2) is 50.1 Å². The Morgan fingerprint density at radius 3 is 3.00 bits per heavy atom. The van der Waals surface area contributed by atoms with Crippen LogP contribution in [0.1, 0.15) is 25.0 Å². The Kier molecular flexibility index (Phi) is 4.97. The molecule has 1 aliphatic rings. The van der Waals surface area contributed by atoms with Gasteiger partial charge in [0.2, 0.25) is 0 Å². The van der Waals surface area contributed by atoms with E-state index in [1.54, 1.807) is 10.7 Å². The minimum absolute atomic E-state index is 0.0394. The fourth-order valence-corrected chi connectivity index (χ4v) is 4.72. The van der Waals surface area contributed by atoms with Crippen LogP contribution in [0.4, 0.5) is 10.6 Å². The number of pyridine rings is 1. The van der Waals surface area contributed by atoms with Crippen LogP contribution in [0.3, 0.4) is 0 Å². The molecule has 158 valence electrons. The van der Waals surface area contributed by atoms with Crippen molar-refractivity contribution < 1.29 is 4.79 Å². The molecule has 5 rings (SSSR count). The molecule has 0 aliphatic carbocycles. The highest BCUT2D eigenvalue weighted by molar-refractivity contribution is 9.10. The largest absolute Gasteiger partial charge is 0.383 e. The Labute approximate surface area is 187 Å². The summed E-state index contributed by atoms with van der Waals surface area (Å²) < 4.78 is 2.38. The number of fused-ring (bicyclic) bond motifs is 2. The number of nitrogens with zero attached hydrogens (tertiary/aromatic N) is 5. The topological polar surface area (TPSA) is 101 Å². The highest BCUT2D eigenvalue weighted by Gasteiger charge is 2.31. The van der Waals surface area contributed by atoms with Gasteiger partial charge in [-0.25, -0.2) is 9.78 Å². The highest BCUT2D eigenvalue weighted by atomic mass is 79.9. The standard InChI is InChI=1S/C22H22BrN7O/c1-2-25-22(31)29-8-7-14(12-29)19-18(23)20(24)30-21(28-19)16(11-27-30)15-9-13-5-3-4-6-17(13)26-10-15/h3-6,9-11,14H,2,7-8,12,24H2,1H3,(H,25,31). The Hall–Kier alpha value is -3.20. The van der Waals surface area contributed by atoms with E-state index in [0.717, 1.165) is 38.6 Å². The van der Waals surface area contributed by atoms with Crippen LogP contribution >= 0.6 is 15.9 Å². The summed E-state index contributed by atoms with van der Waals surface area (Å²) in [4.78, 5) is 23.6. The first kappa shape index (κ1) is 19.7. The molecule has 3 aromatic heterocycles. The Bertz CT molecular complexity index is 1300. The van der Waals surface area contributed by atoms with Gasteiger partial charge in [0.1, 0.15) is 5.82 Å². The van der Waals surface area contributed by atoms with E-state index in [4.69, 9.17) is 10.7 Å². The lowest BCUT2D eigenvalue weighted by atomic mass is 10.0. The maximum absolute atomic E-state index is 12.2. The van der Waals surface area contributed by atoms with Gasteiger partial charge in [-0.2, -0.15) is 9.61 Å². The third-order valence-corrected chi connectivity index (χ3v) is 6.55. The normalized spacial score (nSPS) is 16.3. The molecule has 31 heavy (non-hydrogen) atoms. The molecule has 4 aromatic rings. The second kappa shape index (κ2) is 7.81. The molecule has 8 nitrogen and oxygen atoms in total. The van der Waals surface area contributed by atoms with Gasteiger partial charge in [0, 0.05) is 48.3 Å². The van der Waals surface area contributed by atoms with Gasteiger partial charge in [-0.3, -0.25) is 4.98 Å². The van der Waals surface area contributed by atoms with Crippen molar-refractivity contribution >= 4 is 44.3 Å². The number of carbonyl (C=O) groups excluding carboxylic acids is 1. The number of urea groups is 1. The number of nitrogen functional groups attached to an aromatic ring is 1. The lowest BCUT2D eigenvalue weighted by Gasteiger charge is -2.17. The molecule has 0 bridgehead atoms. The predicted octanol–water partition coefficient (Wildman–Crippen LogP) is 3.81.